The summed E-state index contributed by atoms with van der Waals surface area (Å²) < 4.78 is 62.4. The number of methoxy groups -OCH3 is 1. The van der Waals surface area contributed by atoms with E-state index in [1.807, 2.05) is 6.20 Å². The third kappa shape index (κ3) is 10.0. The lowest BCUT2D eigenvalue weighted by atomic mass is 10.1. The fourth-order valence-electron chi connectivity index (χ4n) is 4.99. The standard InChI is InChI=1S/C31H41FN6O9S/c1-44-26-8-10-27(11-9-26)48(42,43)38-15-14-36(23-29(38)30(39)34-41)31(40)25-6-4-24(5-7-25)28-22-37(35-33-28)13-2-3-16-45-18-20-47-21-19-46-17-12-32/h4-11,22,29,41H,2-3,12-21,23H2,1H3,(H,34,39)/i32-1. The largest absolute Gasteiger partial charge is 0.497 e. The van der Waals surface area contributed by atoms with Gasteiger partial charge in [0, 0.05) is 43.9 Å². The van der Waals surface area contributed by atoms with Gasteiger partial charge in [-0.1, -0.05) is 17.3 Å². The highest BCUT2D eigenvalue weighted by Crippen LogP contribution is 2.25. The summed E-state index contributed by atoms with van der Waals surface area (Å²) in [5.41, 5.74) is 3.26. The normalized spacial score (nSPS) is 15.4. The molecule has 1 atom stereocenters. The van der Waals surface area contributed by atoms with Crippen LogP contribution in [0.1, 0.15) is 23.2 Å². The number of nitrogens with zero attached hydrogens (tertiary/aromatic N) is 5. The summed E-state index contributed by atoms with van der Waals surface area (Å²) >= 11 is 0. The molecule has 17 heteroatoms. The highest BCUT2D eigenvalue weighted by Gasteiger charge is 2.41. The minimum absolute atomic E-state index is 0.0381. The van der Waals surface area contributed by atoms with E-state index in [2.05, 4.69) is 10.3 Å². The van der Waals surface area contributed by atoms with Crippen molar-refractivity contribution in [2.75, 3.05) is 73.1 Å². The van der Waals surface area contributed by atoms with E-state index in [1.54, 1.807) is 28.9 Å². The van der Waals surface area contributed by atoms with Crippen LogP contribution in [0.4, 0.5) is 4.39 Å². The Labute approximate surface area is 278 Å². The number of rotatable bonds is 19. The Kier molecular flexibility index (Phi) is 14.2. The van der Waals surface area contributed by atoms with Crippen molar-refractivity contribution in [2.45, 2.75) is 30.3 Å². The number of alkyl halides is 1. The predicted octanol–water partition coefficient (Wildman–Crippen LogP) is 1.77. The van der Waals surface area contributed by atoms with Gasteiger partial charge in [-0.2, -0.15) is 4.31 Å². The Balaban J connectivity index is 1.26. The van der Waals surface area contributed by atoms with Gasteiger partial charge in [0.2, 0.25) is 10.0 Å². The number of unbranched alkanes of at least 4 members (excludes halogenated alkanes) is 1. The van der Waals surface area contributed by atoms with Gasteiger partial charge < -0.3 is 23.8 Å². The van der Waals surface area contributed by atoms with Crippen molar-refractivity contribution in [3.8, 4) is 17.0 Å². The molecule has 1 aliphatic heterocycles. The molecule has 1 unspecified atom stereocenters. The number of aryl methyl sites for hydroxylation is 1. The van der Waals surface area contributed by atoms with Crippen molar-refractivity contribution in [3.63, 3.8) is 0 Å². The van der Waals surface area contributed by atoms with Crippen LogP contribution in [0.25, 0.3) is 11.3 Å². The molecule has 0 saturated carbocycles. The predicted molar refractivity (Wildman–Crippen MR) is 170 cm³/mol. The maximum absolute atomic E-state index is 13.4. The molecule has 0 radical (unpaired) electrons. The molecule has 0 aliphatic carbocycles. The van der Waals surface area contributed by atoms with Crippen molar-refractivity contribution in [2.24, 2.45) is 0 Å². The van der Waals surface area contributed by atoms with Crippen molar-refractivity contribution in [1.29, 1.82) is 0 Å². The van der Waals surface area contributed by atoms with Gasteiger partial charge in [-0.15, -0.1) is 5.10 Å². The lowest BCUT2D eigenvalue weighted by Crippen LogP contribution is -2.61. The second-order valence-corrected chi connectivity index (χ2v) is 12.6. The number of hydrogen-bond acceptors (Lipinski definition) is 11. The van der Waals surface area contributed by atoms with Gasteiger partial charge in [0.1, 0.15) is 24.2 Å². The molecule has 2 N–H and O–H groups in total. The second-order valence-electron chi connectivity index (χ2n) is 10.7. The van der Waals surface area contributed by atoms with Crippen molar-refractivity contribution >= 4 is 21.8 Å². The van der Waals surface area contributed by atoms with Crippen LogP contribution in [0.15, 0.2) is 59.6 Å². The molecule has 2 amide bonds. The fraction of sp³-hybridized carbons (Fsp3) is 0.484. The molecule has 2 aromatic carbocycles. The average molecular weight is 692 g/mol. The van der Waals surface area contributed by atoms with E-state index < -0.39 is 28.6 Å². The average Bonchev–Trinajstić information content (AvgIpc) is 3.60. The molecule has 0 bridgehead atoms. The minimum atomic E-state index is -4.13. The molecule has 1 saturated heterocycles. The zero-order chi connectivity index (χ0) is 34.4. The monoisotopic (exact) mass is 691 g/mol. The Bertz CT molecular complexity index is 1560. The number of aromatic nitrogens is 3. The van der Waals surface area contributed by atoms with Crippen molar-refractivity contribution in [1.82, 2.24) is 29.7 Å². The number of piperazine rings is 1. The number of ether oxygens (including phenoxy) is 4. The number of benzene rings is 2. The maximum Gasteiger partial charge on any atom is 0.263 e. The van der Waals surface area contributed by atoms with Crippen LogP contribution in [0.3, 0.4) is 0 Å². The Morgan fingerprint density at radius 3 is 2.25 bits per heavy atom. The van der Waals surface area contributed by atoms with Gasteiger partial charge in [0.25, 0.3) is 11.8 Å². The number of hydroxylamine groups is 1. The first-order chi connectivity index (χ1) is 23.3. The van der Waals surface area contributed by atoms with E-state index in [0.29, 0.717) is 56.6 Å². The third-order valence-corrected chi connectivity index (χ3v) is 9.48. The fourth-order valence-corrected chi connectivity index (χ4v) is 6.56. The van der Waals surface area contributed by atoms with E-state index in [0.717, 1.165) is 22.7 Å². The molecule has 1 aromatic heterocycles. The quantitative estimate of drug-likeness (QED) is 0.107. The number of hydrogen-bond donors (Lipinski definition) is 2. The number of carbonyl (C=O) groups excluding carboxylic acids is 2. The van der Waals surface area contributed by atoms with E-state index in [1.165, 1.54) is 41.8 Å². The van der Waals surface area contributed by atoms with Gasteiger partial charge >= 0.3 is 0 Å². The topological polar surface area (TPSA) is 175 Å². The first-order valence-electron chi connectivity index (χ1n) is 15.5. The lowest BCUT2D eigenvalue weighted by molar-refractivity contribution is -0.134. The van der Waals surface area contributed by atoms with Gasteiger partial charge in [-0.3, -0.25) is 19.5 Å². The zero-order valence-electron chi connectivity index (χ0n) is 26.7. The minimum Gasteiger partial charge on any atom is -0.497 e. The molecule has 2 heterocycles. The SMILES string of the molecule is COc1ccc(S(=O)(=O)N2CCN(C(=O)c3ccc(-c4cn(CCCCOCCOCCOCC[18F])nn4)cc3)CC2C(=O)NO)cc1. The summed E-state index contributed by atoms with van der Waals surface area (Å²) in [7, 11) is -2.67. The molecule has 0 spiro atoms. The molecule has 4 rings (SSSR count). The van der Waals surface area contributed by atoms with Crippen LogP contribution in [0, 0.1) is 0 Å². The van der Waals surface area contributed by atoms with Gasteiger partial charge in [-0.25, -0.2) is 18.3 Å². The van der Waals surface area contributed by atoms with Crippen LogP contribution >= 0.6 is 0 Å². The summed E-state index contributed by atoms with van der Waals surface area (Å²) in [4.78, 5) is 27.3. The summed E-state index contributed by atoms with van der Waals surface area (Å²) in [6.45, 7) is 2.13. The van der Waals surface area contributed by atoms with E-state index in [9.17, 15) is 27.6 Å². The van der Waals surface area contributed by atoms with Crippen LogP contribution in [-0.4, -0.2) is 129 Å². The van der Waals surface area contributed by atoms with Crippen molar-refractivity contribution in [3.05, 3.63) is 60.3 Å². The second kappa shape index (κ2) is 18.5. The molecule has 48 heavy (non-hydrogen) atoms. The molecule has 262 valence electrons. The summed E-state index contributed by atoms with van der Waals surface area (Å²) in [6, 6.07) is 11.1. The van der Waals surface area contributed by atoms with Crippen LogP contribution in [0.2, 0.25) is 0 Å². The number of amides is 2. The molecule has 3 aromatic rings. The van der Waals surface area contributed by atoms with Gasteiger partial charge in [-0.05, 0) is 49.2 Å². The molecule has 1 fully saturated rings. The summed E-state index contributed by atoms with van der Waals surface area (Å²) in [5, 5.41) is 17.8. The lowest BCUT2D eigenvalue weighted by Gasteiger charge is -2.39. The number of carbonyl (C=O) groups is 2. The zero-order valence-corrected chi connectivity index (χ0v) is 27.5. The maximum atomic E-state index is 13.4. The summed E-state index contributed by atoms with van der Waals surface area (Å²) in [6.07, 6.45) is 3.48. The summed E-state index contributed by atoms with van der Waals surface area (Å²) in [5.74, 6) is -0.870. The number of sulfonamides is 1. The Morgan fingerprint density at radius 1 is 0.938 bits per heavy atom. The van der Waals surface area contributed by atoms with Crippen molar-refractivity contribution < 1.29 is 46.6 Å². The molecule has 1 aliphatic rings. The smallest absolute Gasteiger partial charge is 0.263 e. The molecular weight excluding hydrogens is 650 g/mol. The van der Waals surface area contributed by atoms with Crippen LogP contribution in [-0.2, 0) is 35.6 Å². The third-order valence-electron chi connectivity index (χ3n) is 7.55. The van der Waals surface area contributed by atoms with Gasteiger partial charge in [0.15, 0.2) is 0 Å². The molecular formula is C31H41FN6O9S. The van der Waals surface area contributed by atoms with E-state index >= 15 is 0 Å². The highest BCUT2D eigenvalue weighted by atomic mass is 32.2. The number of nitrogens with one attached hydrogen (secondary N) is 1. The Hall–Kier alpha value is -4.00. The van der Waals surface area contributed by atoms with Crippen LogP contribution in [0.5, 0.6) is 5.75 Å². The van der Waals surface area contributed by atoms with Gasteiger partial charge in [0.05, 0.1) is 51.2 Å². The Morgan fingerprint density at radius 2 is 1.60 bits per heavy atom. The highest BCUT2D eigenvalue weighted by molar-refractivity contribution is 7.89. The van der Waals surface area contributed by atoms with E-state index in [-0.39, 0.29) is 37.0 Å². The first-order valence-corrected chi connectivity index (χ1v) is 16.9. The number of halogens is 1. The van der Waals surface area contributed by atoms with Crippen LogP contribution < -0.4 is 10.2 Å². The first kappa shape index (κ1) is 36.8. The molecule has 15 nitrogen and oxygen atoms in total. The van der Waals surface area contributed by atoms with E-state index in [4.69, 9.17) is 18.9 Å².